The van der Waals surface area contributed by atoms with Gasteiger partial charge in [-0.3, -0.25) is 29.0 Å². The van der Waals surface area contributed by atoms with Crippen LogP contribution in [0.25, 0.3) is 10.9 Å². The molecule has 4 N–H and O–H groups in total. The Morgan fingerprint density at radius 3 is 2.37 bits per heavy atom. The van der Waals surface area contributed by atoms with Crippen LogP contribution in [0.15, 0.2) is 49.1 Å². The first-order valence-electron chi connectivity index (χ1n) is 25.4. The number of hydrogen-bond donors (Lipinski definition) is 4. The van der Waals surface area contributed by atoms with Crippen molar-refractivity contribution in [3.8, 4) is 0 Å². The van der Waals surface area contributed by atoms with Gasteiger partial charge in [-0.2, -0.15) is 13.2 Å². The van der Waals surface area contributed by atoms with Crippen molar-refractivity contribution in [2.75, 3.05) is 58.9 Å². The van der Waals surface area contributed by atoms with Gasteiger partial charge in [-0.1, -0.05) is 6.07 Å². The molecule has 71 heavy (non-hydrogen) atoms. The largest absolute Gasteiger partial charge is 0.416 e. The molecule has 6 atom stereocenters. The zero-order chi connectivity index (χ0) is 50.7. The third-order valence-corrected chi connectivity index (χ3v) is 14.9. The number of anilines is 1. The topological polar surface area (TPSA) is 200 Å². The highest BCUT2D eigenvalue weighted by Crippen LogP contribution is 2.38. The van der Waals surface area contributed by atoms with Crippen LogP contribution < -0.4 is 21.3 Å². The standard InChI is InChI=1S/C51H71F3N10O7/c1-32(2)62(3)37-16-18-43(64-22-19-41(50(64)69)60-47-38-27-35(51(52,53)54)13-17-40(38)57-31-58-47)42(28-37)61-48(67)33-11-14-36(15-12-33)59-44(65)10-8-25-70-23-5-6-24-71-26-21-56-49(68)39-29-45(66)63(4)46(39)34-9-7-20-55-30-34/h7,9,13,17,20,27,30-33,36-37,39,41-43,46H,5-6,8,10-12,14-16,18-19,21-26,28-29H2,1-4H3,(H,56,68)(H,59,65)(H,61,67)(H,57,58,60)/t33-,36+,37-,39+,41+,42-,43+,46-/m1/s1. The van der Waals surface area contributed by atoms with Crippen molar-refractivity contribution < 1.29 is 46.6 Å². The molecule has 4 aliphatic rings. The Bertz CT molecular complexity index is 2280. The molecule has 5 amide bonds. The van der Waals surface area contributed by atoms with E-state index in [-0.39, 0.29) is 83.3 Å². The smallest absolute Gasteiger partial charge is 0.381 e. The van der Waals surface area contributed by atoms with Gasteiger partial charge in [-0.05, 0) is 121 Å². The van der Waals surface area contributed by atoms with Gasteiger partial charge in [0.05, 0.1) is 41.7 Å². The van der Waals surface area contributed by atoms with Gasteiger partial charge in [0.1, 0.15) is 18.2 Å². The summed E-state index contributed by atoms with van der Waals surface area (Å²) in [6, 6.07) is 5.89. The number of amides is 5. The summed E-state index contributed by atoms with van der Waals surface area (Å²) in [5.41, 5.74) is 0.346. The van der Waals surface area contributed by atoms with E-state index in [0.717, 1.165) is 37.0 Å². The number of halogens is 3. The van der Waals surface area contributed by atoms with E-state index in [1.54, 1.807) is 30.4 Å². The highest BCUT2D eigenvalue weighted by atomic mass is 19.4. The first-order valence-corrected chi connectivity index (χ1v) is 25.4. The summed E-state index contributed by atoms with van der Waals surface area (Å²) < 4.78 is 52.2. The molecule has 4 heterocycles. The molecule has 0 spiro atoms. The van der Waals surface area contributed by atoms with Crippen molar-refractivity contribution in [2.45, 2.75) is 146 Å². The van der Waals surface area contributed by atoms with Crippen LogP contribution in [0.2, 0.25) is 0 Å². The molecule has 2 saturated carbocycles. The fourth-order valence-corrected chi connectivity index (χ4v) is 10.7. The molecule has 0 bridgehead atoms. The molecule has 0 unspecified atom stereocenters. The van der Waals surface area contributed by atoms with E-state index in [2.05, 4.69) is 62.0 Å². The minimum Gasteiger partial charge on any atom is -0.381 e. The number of nitrogens with zero attached hydrogens (tertiary/aromatic N) is 6. The van der Waals surface area contributed by atoms with E-state index in [4.69, 9.17) is 9.47 Å². The van der Waals surface area contributed by atoms with Crippen LogP contribution in [0.1, 0.15) is 114 Å². The van der Waals surface area contributed by atoms with Crippen LogP contribution in [-0.2, 0) is 39.6 Å². The van der Waals surface area contributed by atoms with E-state index in [9.17, 15) is 37.1 Å². The number of carbonyl (C=O) groups excluding carboxylic acids is 5. The predicted octanol–water partition coefficient (Wildman–Crippen LogP) is 5.41. The Hall–Kier alpha value is -5.47. The number of unbranched alkanes of at least 4 members (excludes halogenated alkanes) is 1. The van der Waals surface area contributed by atoms with Gasteiger partial charge >= 0.3 is 6.18 Å². The molecule has 2 aliphatic heterocycles. The van der Waals surface area contributed by atoms with Crippen LogP contribution >= 0.6 is 0 Å². The quantitative estimate of drug-likeness (QED) is 0.0936. The Morgan fingerprint density at radius 1 is 0.901 bits per heavy atom. The number of carbonyl (C=O) groups is 5. The second-order valence-corrected chi connectivity index (χ2v) is 19.9. The van der Waals surface area contributed by atoms with Crippen molar-refractivity contribution >= 4 is 46.3 Å². The summed E-state index contributed by atoms with van der Waals surface area (Å²) in [6.45, 7) is 6.96. The Balaban J connectivity index is 0.774. The zero-order valence-corrected chi connectivity index (χ0v) is 41.4. The zero-order valence-electron chi connectivity index (χ0n) is 41.4. The number of aromatic nitrogens is 3. The van der Waals surface area contributed by atoms with Gasteiger partial charge in [-0.15, -0.1) is 0 Å². The first-order chi connectivity index (χ1) is 34.1. The third-order valence-electron chi connectivity index (χ3n) is 14.9. The van der Waals surface area contributed by atoms with E-state index < -0.39 is 23.7 Å². The highest BCUT2D eigenvalue weighted by Gasteiger charge is 2.45. The first kappa shape index (κ1) is 53.3. The van der Waals surface area contributed by atoms with Gasteiger partial charge < -0.3 is 45.4 Å². The number of rotatable bonds is 22. The Labute approximate surface area is 414 Å². The molecule has 1 aromatic carbocycles. The lowest BCUT2D eigenvalue weighted by molar-refractivity contribution is -0.137. The summed E-state index contributed by atoms with van der Waals surface area (Å²) >= 11 is 0. The highest BCUT2D eigenvalue weighted by molar-refractivity contribution is 5.93. The molecular weight excluding hydrogens is 922 g/mol. The summed E-state index contributed by atoms with van der Waals surface area (Å²) in [6.07, 6.45) is 8.06. The molecule has 3 aromatic rings. The second kappa shape index (κ2) is 24.8. The van der Waals surface area contributed by atoms with Gasteiger partial charge in [0.25, 0.3) is 0 Å². The maximum absolute atomic E-state index is 14.1. The Kier molecular flexibility index (Phi) is 18.6. The number of fused-ring (bicyclic) bond motifs is 1. The average molecular weight is 993 g/mol. The van der Waals surface area contributed by atoms with Crippen molar-refractivity contribution in [1.29, 1.82) is 0 Å². The minimum atomic E-state index is -4.55. The van der Waals surface area contributed by atoms with Gasteiger partial charge in [0.2, 0.25) is 29.5 Å². The Morgan fingerprint density at radius 2 is 1.65 bits per heavy atom. The minimum absolute atomic E-state index is 0.0108. The monoisotopic (exact) mass is 993 g/mol. The number of alkyl halides is 3. The molecule has 388 valence electrons. The number of pyridine rings is 1. The van der Waals surface area contributed by atoms with Gasteiger partial charge in [0.15, 0.2) is 0 Å². The predicted molar refractivity (Wildman–Crippen MR) is 259 cm³/mol. The van der Waals surface area contributed by atoms with Gasteiger partial charge in [0, 0.05) is 94.6 Å². The molecule has 2 saturated heterocycles. The molecule has 2 aromatic heterocycles. The number of nitrogens with one attached hydrogen (secondary N) is 4. The summed E-state index contributed by atoms with van der Waals surface area (Å²) in [5, 5.41) is 12.7. The number of hydrogen-bond acceptors (Lipinski definition) is 12. The van der Waals surface area contributed by atoms with E-state index in [1.165, 1.54) is 12.4 Å². The maximum atomic E-state index is 14.1. The molecule has 7 rings (SSSR count). The lowest BCUT2D eigenvalue weighted by Crippen LogP contribution is -2.59. The molecule has 0 radical (unpaired) electrons. The molecule has 20 heteroatoms. The van der Waals surface area contributed by atoms with Gasteiger partial charge in [-0.25, -0.2) is 9.97 Å². The molecule has 17 nitrogen and oxygen atoms in total. The second-order valence-electron chi connectivity index (χ2n) is 19.9. The number of ether oxygens (including phenoxy) is 2. The maximum Gasteiger partial charge on any atom is 0.416 e. The lowest BCUT2D eigenvalue weighted by Gasteiger charge is -2.45. The van der Waals surface area contributed by atoms with Crippen molar-refractivity contribution in [3.05, 3.63) is 60.2 Å². The van der Waals surface area contributed by atoms with Crippen LogP contribution in [0, 0.1) is 11.8 Å². The summed E-state index contributed by atoms with van der Waals surface area (Å²) in [4.78, 5) is 84.4. The molecular formula is C51H71F3N10O7. The van der Waals surface area contributed by atoms with Crippen LogP contribution in [0.3, 0.4) is 0 Å². The lowest BCUT2D eigenvalue weighted by atomic mass is 9.82. The molecule has 4 fully saturated rings. The number of benzene rings is 1. The molecule has 2 aliphatic carbocycles. The van der Waals surface area contributed by atoms with Crippen LogP contribution in [0.5, 0.6) is 0 Å². The SMILES string of the molecule is CC(C)N(C)[C@@H]1CC[C@H](N2CC[C@H](Nc3ncnc4ccc(C(F)(F)F)cc34)C2=O)[C@H](NC(=O)[C@H]2CC[C@@H](NC(=O)CCCOCCCCOCCNC(=O)[C@H]3CC(=O)N(C)[C@@H]3c3cccnc3)CC2)C1. The fraction of sp³-hybridized carbons (Fsp3) is 0.647. The van der Waals surface area contributed by atoms with E-state index in [0.29, 0.717) is 109 Å². The van der Waals surface area contributed by atoms with Crippen molar-refractivity contribution in [2.24, 2.45) is 11.8 Å². The van der Waals surface area contributed by atoms with Crippen LogP contribution in [0.4, 0.5) is 19.0 Å². The normalized spacial score (nSPS) is 25.0. The fourth-order valence-electron chi connectivity index (χ4n) is 10.7. The van der Waals surface area contributed by atoms with E-state index >= 15 is 0 Å². The van der Waals surface area contributed by atoms with Crippen molar-refractivity contribution in [1.82, 2.24) is 45.6 Å². The third kappa shape index (κ3) is 13.9. The summed E-state index contributed by atoms with van der Waals surface area (Å²) in [5.74, 6) is -1.02. The average Bonchev–Trinajstić information content (AvgIpc) is 3.87. The summed E-state index contributed by atoms with van der Waals surface area (Å²) in [7, 11) is 3.80. The van der Waals surface area contributed by atoms with Crippen molar-refractivity contribution in [3.63, 3.8) is 0 Å². The van der Waals surface area contributed by atoms with Crippen LogP contribution in [-0.4, -0.2) is 149 Å². The van der Waals surface area contributed by atoms with E-state index in [1.807, 2.05) is 11.0 Å². The number of likely N-dealkylation sites (tertiary alicyclic amines) is 2.